The van der Waals surface area contributed by atoms with E-state index >= 15 is 0 Å². The number of rotatable bonds is 3. The summed E-state index contributed by atoms with van der Waals surface area (Å²) < 4.78 is 14.8. The molecule has 0 saturated carbocycles. The number of thiazole rings is 1. The number of halogens is 1. The van der Waals surface area contributed by atoms with E-state index in [1.165, 1.54) is 12.1 Å². The number of fused-ring (bicyclic) bond motifs is 1. The molecule has 1 unspecified atom stereocenters. The second kappa shape index (κ2) is 4.43. The average molecular weight is 276 g/mol. The van der Waals surface area contributed by atoms with Crippen LogP contribution in [0.5, 0.6) is 0 Å². The van der Waals surface area contributed by atoms with E-state index in [0.717, 1.165) is 10.7 Å². The van der Waals surface area contributed by atoms with Crippen LogP contribution in [0.2, 0.25) is 0 Å². The molecular weight excluding hydrogens is 263 g/mol. The van der Waals surface area contributed by atoms with Gasteiger partial charge < -0.3 is 5.11 Å². The van der Waals surface area contributed by atoms with Crippen molar-refractivity contribution in [2.24, 2.45) is 0 Å². The van der Waals surface area contributed by atoms with Gasteiger partial charge in [0.05, 0.1) is 11.3 Å². The monoisotopic (exact) mass is 276 g/mol. The molecule has 19 heavy (non-hydrogen) atoms. The summed E-state index contributed by atoms with van der Waals surface area (Å²) in [5, 5.41) is 12.5. The molecule has 0 bridgehead atoms. The lowest BCUT2D eigenvalue weighted by Gasteiger charge is -2.22. The Morgan fingerprint density at radius 3 is 2.79 bits per heavy atom. The van der Waals surface area contributed by atoms with E-state index in [1.807, 2.05) is 22.2 Å². The van der Waals surface area contributed by atoms with Gasteiger partial charge in [-0.2, -0.15) is 0 Å². The van der Waals surface area contributed by atoms with Crippen molar-refractivity contribution in [3.63, 3.8) is 0 Å². The van der Waals surface area contributed by atoms with Crippen molar-refractivity contribution in [3.8, 4) is 0 Å². The van der Waals surface area contributed by atoms with Crippen molar-refractivity contribution in [2.45, 2.75) is 18.9 Å². The number of nitrogens with zero attached hydrogens (tertiary/aromatic N) is 2. The van der Waals surface area contributed by atoms with Crippen molar-refractivity contribution in [3.05, 3.63) is 59.1 Å². The second-order valence-corrected chi connectivity index (χ2v) is 5.66. The lowest BCUT2D eigenvalue weighted by Crippen LogP contribution is -2.24. The Labute approximate surface area is 114 Å². The fraction of sp³-hybridized carbons (Fsp3) is 0.214. The number of hydrogen-bond acceptors (Lipinski definition) is 3. The highest BCUT2D eigenvalue weighted by Gasteiger charge is 2.25. The van der Waals surface area contributed by atoms with Gasteiger partial charge in [0.25, 0.3) is 0 Å². The van der Waals surface area contributed by atoms with Gasteiger partial charge in [0, 0.05) is 24.2 Å². The first-order chi connectivity index (χ1) is 9.04. The first-order valence-electron chi connectivity index (χ1n) is 5.94. The molecule has 1 aromatic carbocycles. The molecule has 5 heteroatoms. The molecule has 1 N–H and O–H groups in total. The smallest absolute Gasteiger partial charge is 0.193 e. The zero-order valence-corrected chi connectivity index (χ0v) is 11.2. The molecule has 0 aliphatic rings. The van der Waals surface area contributed by atoms with E-state index in [4.69, 9.17) is 0 Å². The molecule has 3 aromatic rings. The summed E-state index contributed by atoms with van der Waals surface area (Å²) in [6, 6.07) is 5.92. The van der Waals surface area contributed by atoms with E-state index in [-0.39, 0.29) is 5.82 Å². The number of aromatic nitrogens is 2. The van der Waals surface area contributed by atoms with Gasteiger partial charge in [0.15, 0.2) is 4.96 Å². The minimum atomic E-state index is -1.06. The van der Waals surface area contributed by atoms with Crippen LogP contribution < -0.4 is 0 Å². The normalized spacial score (nSPS) is 14.7. The number of aliphatic hydroxyl groups is 1. The summed E-state index contributed by atoms with van der Waals surface area (Å²) in [7, 11) is 0. The van der Waals surface area contributed by atoms with Crippen LogP contribution in [0.3, 0.4) is 0 Å². The van der Waals surface area contributed by atoms with Crippen molar-refractivity contribution in [2.75, 3.05) is 0 Å². The van der Waals surface area contributed by atoms with Gasteiger partial charge >= 0.3 is 0 Å². The van der Waals surface area contributed by atoms with E-state index in [1.54, 1.807) is 30.4 Å². The minimum Gasteiger partial charge on any atom is -0.385 e. The van der Waals surface area contributed by atoms with Crippen LogP contribution in [-0.4, -0.2) is 14.5 Å². The van der Waals surface area contributed by atoms with Crippen LogP contribution in [-0.2, 0) is 12.0 Å². The standard InChI is InChI=1S/C14H13FN2OS/c1-14(18,10-2-4-11(15)5-3-10)8-12-9-17-6-7-19-13(17)16-12/h2-7,9,18H,8H2,1H3. The van der Waals surface area contributed by atoms with Crippen LogP contribution in [0.4, 0.5) is 4.39 Å². The van der Waals surface area contributed by atoms with Crippen LogP contribution in [0.15, 0.2) is 42.0 Å². The minimum absolute atomic E-state index is 0.304. The highest BCUT2D eigenvalue weighted by Crippen LogP contribution is 2.25. The Morgan fingerprint density at radius 1 is 1.37 bits per heavy atom. The molecule has 0 aliphatic carbocycles. The lowest BCUT2D eigenvalue weighted by atomic mass is 9.91. The highest BCUT2D eigenvalue weighted by molar-refractivity contribution is 7.15. The third kappa shape index (κ3) is 2.39. The van der Waals surface area contributed by atoms with Gasteiger partial charge in [-0.25, -0.2) is 9.37 Å². The maximum Gasteiger partial charge on any atom is 0.193 e. The zero-order chi connectivity index (χ0) is 13.5. The summed E-state index contributed by atoms with van der Waals surface area (Å²) in [6.07, 6.45) is 4.24. The first-order valence-corrected chi connectivity index (χ1v) is 6.82. The van der Waals surface area contributed by atoms with Crippen LogP contribution in [0, 0.1) is 5.82 Å². The van der Waals surface area contributed by atoms with Gasteiger partial charge in [0.2, 0.25) is 0 Å². The number of hydrogen-bond donors (Lipinski definition) is 1. The molecule has 0 saturated heterocycles. The molecular formula is C14H13FN2OS. The predicted molar refractivity (Wildman–Crippen MR) is 72.7 cm³/mol. The van der Waals surface area contributed by atoms with E-state index in [2.05, 4.69) is 4.98 Å². The number of imidazole rings is 1. The summed E-state index contributed by atoms with van der Waals surface area (Å²) in [5.41, 5.74) is 0.448. The van der Waals surface area contributed by atoms with Crippen molar-refractivity contribution in [1.29, 1.82) is 0 Å². The maximum atomic E-state index is 12.9. The SMILES string of the molecule is CC(O)(Cc1cn2ccsc2n1)c1ccc(F)cc1. The third-order valence-electron chi connectivity index (χ3n) is 3.13. The fourth-order valence-electron chi connectivity index (χ4n) is 2.12. The van der Waals surface area contributed by atoms with Gasteiger partial charge in [0.1, 0.15) is 5.82 Å². The quantitative estimate of drug-likeness (QED) is 0.798. The van der Waals surface area contributed by atoms with E-state index < -0.39 is 5.60 Å². The molecule has 1 atom stereocenters. The van der Waals surface area contributed by atoms with Crippen molar-refractivity contribution >= 4 is 16.3 Å². The maximum absolute atomic E-state index is 12.9. The molecule has 3 rings (SSSR count). The molecule has 0 aliphatic heterocycles. The predicted octanol–water partition coefficient (Wildman–Crippen LogP) is 2.99. The van der Waals surface area contributed by atoms with Gasteiger partial charge in [-0.3, -0.25) is 4.40 Å². The number of benzene rings is 1. The fourth-order valence-corrected chi connectivity index (χ4v) is 2.84. The summed E-state index contributed by atoms with van der Waals surface area (Å²) in [5.74, 6) is -0.304. The summed E-state index contributed by atoms with van der Waals surface area (Å²) >= 11 is 1.55. The Morgan fingerprint density at radius 2 is 2.11 bits per heavy atom. The average Bonchev–Trinajstić information content (AvgIpc) is 2.89. The Bertz CT molecular complexity index is 671. The summed E-state index contributed by atoms with van der Waals surface area (Å²) in [4.78, 5) is 5.36. The molecule has 2 heterocycles. The Kier molecular flexibility index (Phi) is 2.88. The van der Waals surface area contributed by atoms with E-state index in [0.29, 0.717) is 12.0 Å². The van der Waals surface area contributed by atoms with Crippen LogP contribution in [0.25, 0.3) is 4.96 Å². The van der Waals surface area contributed by atoms with Crippen LogP contribution in [0.1, 0.15) is 18.2 Å². The summed E-state index contributed by atoms with van der Waals surface area (Å²) in [6.45, 7) is 1.72. The van der Waals surface area contributed by atoms with Crippen molar-refractivity contribution < 1.29 is 9.50 Å². The molecule has 0 amide bonds. The van der Waals surface area contributed by atoms with Crippen LogP contribution >= 0.6 is 11.3 Å². The zero-order valence-electron chi connectivity index (χ0n) is 10.4. The molecule has 0 spiro atoms. The first kappa shape index (κ1) is 12.3. The topological polar surface area (TPSA) is 37.5 Å². The largest absolute Gasteiger partial charge is 0.385 e. The molecule has 0 fully saturated rings. The molecule has 3 nitrogen and oxygen atoms in total. The highest BCUT2D eigenvalue weighted by atomic mass is 32.1. The lowest BCUT2D eigenvalue weighted by molar-refractivity contribution is 0.0566. The molecule has 0 radical (unpaired) electrons. The van der Waals surface area contributed by atoms with Crippen molar-refractivity contribution in [1.82, 2.24) is 9.38 Å². The molecule has 2 aromatic heterocycles. The van der Waals surface area contributed by atoms with Gasteiger partial charge in [-0.1, -0.05) is 12.1 Å². The Balaban J connectivity index is 1.88. The van der Waals surface area contributed by atoms with E-state index in [9.17, 15) is 9.50 Å². The third-order valence-corrected chi connectivity index (χ3v) is 3.91. The Hall–Kier alpha value is -1.72. The van der Waals surface area contributed by atoms with Gasteiger partial charge in [-0.15, -0.1) is 11.3 Å². The molecule has 98 valence electrons. The second-order valence-electron chi connectivity index (χ2n) is 4.78. The van der Waals surface area contributed by atoms with Gasteiger partial charge in [-0.05, 0) is 24.6 Å².